The molecule has 1 amide bonds. The number of amides is 1. The molecule has 1 aliphatic carbocycles. The summed E-state index contributed by atoms with van der Waals surface area (Å²) in [6.07, 6.45) is 2.52. The third-order valence-corrected chi connectivity index (χ3v) is 6.00. The standard InChI is InChI=1S/C16H15N3O7S2/c1-19(16(20)11-3-2-6-18-11)15-12(27(21,22)23)5-4-9-7-10(17)8-13(14(9)15)28(24,25)26/h2-3,5-8,17H,4H2,1H3,(H3,18,20,21,22,23,24,25,26)/p+1. The van der Waals surface area contributed by atoms with Crippen LogP contribution in [0.2, 0.25) is 0 Å². The Morgan fingerprint density at radius 1 is 1.18 bits per heavy atom. The summed E-state index contributed by atoms with van der Waals surface area (Å²) < 4.78 is 67.9. The van der Waals surface area contributed by atoms with Gasteiger partial charge in [-0.15, -0.1) is 0 Å². The van der Waals surface area contributed by atoms with Gasteiger partial charge in [-0.1, -0.05) is 6.08 Å². The van der Waals surface area contributed by atoms with Crippen molar-refractivity contribution in [2.24, 2.45) is 0 Å². The highest BCUT2D eigenvalue weighted by Gasteiger charge is 2.40. The molecule has 0 aliphatic heterocycles. The quantitative estimate of drug-likeness (QED) is 0.311. The molecule has 0 spiro atoms. The minimum atomic E-state index is -4.83. The number of carbonyl (C=O) groups is 1. The number of aromatic nitrogens is 1. The van der Waals surface area contributed by atoms with Gasteiger partial charge in [0.15, 0.2) is 10.6 Å². The number of hydrogen-bond donors (Lipinski definition) is 4. The van der Waals surface area contributed by atoms with E-state index in [1.165, 1.54) is 25.4 Å². The lowest BCUT2D eigenvalue weighted by molar-refractivity contribution is -0.393. The fraction of sp³-hybridized carbons (Fsp3) is 0.125. The zero-order chi connectivity index (χ0) is 20.9. The number of rotatable bonds is 3. The number of aromatic amines is 1. The first kappa shape index (κ1) is 19.9. The number of nitrogens with zero attached hydrogens (tertiary/aromatic N) is 1. The van der Waals surface area contributed by atoms with Gasteiger partial charge in [0, 0.05) is 11.9 Å². The molecule has 0 saturated heterocycles. The number of anilines is 1. The van der Waals surface area contributed by atoms with E-state index in [1.54, 1.807) is 6.07 Å². The van der Waals surface area contributed by atoms with Crippen molar-refractivity contribution >= 4 is 37.5 Å². The van der Waals surface area contributed by atoms with Gasteiger partial charge >= 0.3 is 16.0 Å². The summed E-state index contributed by atoms with van der Waals surface area (Å²) in [5.74, 6) is -0.694. The second kappa shape index (κ2) is 6.67. The predicted octanol–water partition coefficient (Wildman–Crippen LogP) is 0.443. The number of H-pyrrole nitrogens is 1. The maximum Gasteiger partial charge on any atom is 0.436 e. The molecule has 1 aromatic heterocycles. The van der Waals surface area contributed by atoms with Crippen molar-refractivity contribution in [1.29, 1.82) is 0 Å². The topological polar surface area (TPSA) is 171 Å². The fourth-order valence-electron chi connectivity index (χ4n) is 3.06. The Kier molecular flexibility index (Phi) is 4.75. The Labute approximate surface area is 160 Å². The minimum Gasteiger partial charge on any atom is -0.399 e. The summed E-state index contributed by atoms with van der Waals surface area (Å²) in [4.78, 5) is 14.1. The molecule has 0 unspecified atom stereocenters. The van der Waals surface area contributed by atoms with Crippen LogP contribution in [0.15, 0.2) is 46.3 Å². The van der Waals surface area contributed by atoms with Crippen LogP contribution >= 0.6 is 0 Å². The van der Waals surface area contributed by atoms with Crippen LogP contribution in [0, 0.1) is 0 Å². The number of carbonyl (C=O) groups excluding carboxylic acids is 1. The van der Waals surface area contributed by atoms with E-state index in [2.05, 4.69) is 4.98 Å². The van der Waals surface area contributed by atoms with Crippen LogP contribution in [0.4, 0.5) is 5.69 Å². The van der Waals surface area contributed by atoms with E-state index < -0.39 is 41.7 Å². The second-order valence-electron chi connectivity index (χ2n) is 6.07. The van der Waals surface area contributed by atoms with Gasteiger partial charge in [-0.3, -0.25) is 9.11 Å². The molecule has 0 bridgehead atoms. The summed E-state index contributed by atoms with van der Waals surface area (Å²) in [7, 11) is -8.44. The summed E-state index contributed by atoms with van der Waals surface area (Å²) in [5.41, 5.74) is 5.46. The van der Waals surface area contributed by atoms with E-state index in [0.717, 1.165) is 16.7 Å². The Balaban J connectivity index is 2.44. The molecule has 2 aromatic rings. The van der Waals surface area contributed by atoms with Crippen molar-refractivity contribution in [3.05, 3.63) is 58.3 Å². The van der Waals surface area contributed by atoms with E-state index in [4.69, 9.17) is 5.73 Å². The maximum atomic E-state index is 12.7. The predicted molar refractivity (Wildman–Crippen MR) is 99.4 cm³/mol. The largest absolute Gasteiger partial charge is 0.436 e. The highest BCUT2D eigenvalue weighted by Crippen LogP contribution is 2.32. The van der Waals surface area contributed by atoms with Crippen molar-refractivity contribution in [2.75, 3.05) is 12.8 Å². The lowest BCUT2D eigenvalue weighted by atomic mass is 9.93. The Morgan fingerprint density at radius 2 is 1.86 bits per heavy atom. The fourth-order valence-corrected chi connectivity index (χ4v) is 4.61. The summed E-state index contributed by atoms with van der Waals surface area (Å²) in [6, 6.07) is 5.33. The van der Waals surface area contributed by atoms with Crippen LogP contribution in [0.1, 0.15) is 21.6 Å². The van der Waals surface area contributed by atoms with Crippen LogP contribution < -0.4 is 5.73 Å². The molecule has 1 aromatic carbocycles. The molecule has 10 nitrogen and oxygen atoms in total. The Hall–Kier alpha value is -2.80. The lowest BCUT2D eigenvalue weighted by Crippen LogP contribution is -2.33. The number of allylic oxidation sites excluding steroid dienone is 2. The summed E-state index contributed by atoms with van der Waals surface area (Å²) in [6.45, 7) is 0. The van der Waals surface area contributed by atoms with Gasteiger partial charge in [0.1, 0.15) is 11.9 Å². The monoisotopic (exact) mass is 426 g/mol. The van der Waals surface area contributed by atoms with Gasteiger partial charge in [-0.05, 0) is 36.2 Å². The molecule has 0 radical (unpaired) electrons. The average Bonchev–Trinajstić information content (AvgIpc) is 3.11. The van der Waals surface area contributed by atoms with E-state index in [-0.39, 0.29) is 28.9 Å². The zero-order valence-corrected chi connectivity index (χ0v) is 16.1. The highest BCUT2D eigenvalue weighted by molar-refractivity contribution is 7.91. The average molecular weight is 426 g/mol. The van der Waals surface area contributed by atoms with Crippen molar-refractivity contribution in [1.82, 2.24) is 4.98 Å². The molecule has 3 rings (SSSR count). The number of nitrogens with one attached hydrogen (secondary N) is 1. The van der Waals surface area contributed by atoms with Gasteiger partial charge < -0.3 is 10.7 Å². The molecule has 1 aliphatic rings. The normalized spacial score (nSPS) is 16.3. The summed E-state index contributed by atoms with van der Waals surface area (Å²) >= 11 is 0. The lowest BCUT2D eigenvalue weighted by Gasteiger charge is -2.19. The van der Waals surface area contributed by atoms with Crippen LogP contribution in [0.5, 0.6) is 0 Å². The molecular weight excluding hydrogens is 410 g/mol. The molecular formula is C16H16N3O7S2+. The van der Waals surface area contributed by atoms with Crippen molar-refractivity contribution in [3.8, 4) is 0 Å². The maximum absolute atomic E-state index is 12.7. The van der Waals surface area contributed by atoms with Crippen molar-refractivity contribution < 1.29 is 35.3 Å². The molecule has 12 heteroatoms. The van der Waals surface area contributed by atoms with Crippen molar-refractivity contribution in [2.45, 2.75) is 11.3 Å². The number of hydrogen-bond acceptors (Lipinski definition) is 6. The van der Waals surface area contributed by atoms with Crippen molar-refractivity contribution in [3.63, 3.8) is 0 Å². The molecule has 0 atom stereocenters. The number of nitrogen functional groups attached to an aromatic ring is 1. The van der Waals surface area contributed by atoms with E-state index in [1.807, 2.05) is 0 Å². The number of fused-ring (bicyclic) bond motifs is 1. The minimum absolute atomic E-state index is 0.0211. The van der Waals surface area contributed by atoms with Crippen LogP contribution in [-0.2, 0) is 26.7 Å². The first-order valence-corrected chi connectivity index (χ1v) is 10.7. The van der Waals surface area contributed by atoms with Crippen LogP contribution in [0.3, 0.4) is 0 Å². The highest BCUT2D eigenvalue weighted by atomic mass is 32.2. The van der Waals surface area contributed by atoms with E-state index >= 15 is 0 Å². The molecule has 28 heavy (non-hydrogen) atoms. The third-order valence-electron chi connectivity index (χ3n) is 4.21. The molecule has 0 saturated carbocycles. The third kappa shape index (κ3) is 3.49. The Bertz CT molecular complexity index is 1260. The van der Waals surface area contributed by atoms with Gasteiger partial charge in [0.05, 0.1) is 5.56 Å². The van der Waals surface area contributed by atoms with Crippen LogP contribution in [0.25, 0.3) is 0 Å². The first-order chi connectivity index (χ1) is 12.9. The molecule has 0 fully saturated rings. The van der Waals surface area contributed by atoms with Gasteiger partial charge in [0.25, 0.3) is 10.1 Å². The summed E-state index contributed by atoms with van der Waals surface area (Å²) in [5, 5.41) is 0. The number of benzene rings is 1. The zero-order valence-electron chi connectivity index (χ0n) is 14.4. The second-order valence-corrected chi connectivity index (χ2v) is 8.85. The van der Waals surface area contributed by atoms with E-state index in [9.17, 15) is 30.7 Å². The Morgan fingerprint density at radius 3 is 2.39 bits per heavy atom. The molecule has 1 heterocycles. The smallest absolute Gasteiger partial charge is 0.399 e. The van der Waals surface area contributed by atoms with E-state index in [0.29, 0.717) is 0 Å². The van der Waals surface area contributed by atoms with Gasteiger partial charge in [0.2, 0.25) is 5.71 Å². The molecule has 5 N–H and O–H groups in total. The SMILES string of the molecule is C[N+](C(=O)c1ccc[nH]1)=C1C(S(=O)(=O)O)=CCc2cc(N)cc(S(=O)(=O)O)c21. The first-order valence-electron chi connectivity index (χ1n) is 7.78. The van der Waals surface area contributed by atoms with Crippen LogP contribution in [-0.4, -0.2) is 54.2 Å². The van der Waals surface area contributed by atoms with Gasteiger partial charge in [-0.25, -0.2) is 4.79 Å². The van der Waals surface area contributed by atoms with Gasteiger partial charge in [-0.2, -0.15) is 21.4 Å². The molecule has 148 valence electrons. The number of nitrogens with two attached hydrogens (primary N) is 1.